The summed E-state index contributed by atoms with van der Waals surface area (Å²) in [6.45, 7) is 7.71. The number of nitrogens with one attached hydrogen (secondary N) is 2. The lowest BCUT2D eigenvalue weighted by atomic mass is 9.87. The molecule has 3 saturated heterocycles. The standard InChI is InChI=1S/C36H45N7O3/c1-24-32(19-37-41(3)35(24)46)38-29-17-28(21-40(2)22-29)26-9-7-25(8-10-26)20-43-16-15-42(23-36(43)13-14-36)30-6-4-5-27(18-30)31-11-12-33(44)39-34(31)45/h4-10,18-19,28-29,31,38H,11-17,20-23H2,1-3H3,(H,39,44,45)/t28-,29+,31?/m0/s1. The number of anilines is 2. The van der Waals surface area contributed by atoms with Gasteiger partial charge in [0, 0.05) is 75.6 Å². The van der Waals surface area contributed by atoms with Crippen LogP contribution in [0.5, 0.6) is 0 Å². The minimum Gasteiger partial charge on any atom is -0.379 e. The van der Waals surface area contributed by atoms with Crippen molar-refractivity contribution in [2.24, 2.45) is 7.05 Å². The van der Waals surface area contributed by atoms with Gasteiger partial charge in [0.1, 0.15) is 0 Å². The number of likely N-dealkylation sites (N-methyl/N-ethyl adjacent to an activating group) is 1. The largest absolute Gasteiger partial charge is 0.379 e. The summed E-state index contributed by atoms with van der Waals surface area (Å²) in [4.78, 5) is 44.1. The molecule has 1 aromatic heterocycles. The van der Waals surface area contributed by atoms with Crippen molar-refractivity contribution in [1.82, 2.24) is 24.9 Å². The van der Waals surface area contributed by atoms with Crippen LogP contribution < -0.4 is 21.1 Å². The van der Waals surface area contributed by atoms with Crippen molar-refractivity contribution in [2.45, 2.75) is 69.0 Å². The lowest BCUT2D eigenvalue weighted by Crippen LogP contribution is -2.54. The molecule has 1 spiro atoms. The number of piperazine rings is 1. The fraction of sp³-hybridized carbons (Fsp3) is 0.500. The zero-order chi connectivity index (χ0) is 32.0. The van der Waals surface area contributed by atoms with Crippen LogP contribution in [0.15, 0.2) is 59.5 Å². The number of nitrogens with zero attached hydrogens (tertiary/aromatic N) is 5. The van der Waals surface area contributed by atoms with Crippen LogP contribution >= 0.6 is 0 Å². The van der Waals surface area contributed by atoms with Gasteiger partial charge in [0.2, 0.25) is 11.8 Å². The number of rotatable bonds is 7. The number of aryl methyl sites for hydroxylation is 1. The molecular weight excluding hydrogens is 578 g/mol. The molecule has 1 saturated carbocycles. The number of piperidine rings is 2. The molecule has 242 valence electrons. The molecule has 2 aromatic carbocycles. The van der Waals surface area contributed by atoms with Gasteiger partial charge in [-0.2, -0.15) is 5.10 Å². The van der Waals surface area contributed by atoms with E-state index in [4.69, 9.17) is 0 Å². The van der Waals surface area contributed by atoms with E-state index in [9.17, 15) is 14.4 Å². The summed E-state index contributed by atoms with van der Waals surface area (Å²) in [5.41, 5.74) is 6.57. The molecule has 3 aliphatic heterocycles. The van der Waals surface area contributed by atoms with E-state index in [-0.39, 0.29) is 34.9 Å². The Morgan fingerprint density at radius 3 is 2.57 bits per heavy atom. The van der Waals surface area contributed by atoms with Gasteiger partial charge in [0.25, 0.3) is 5.56 Å². The van der Waals surface area contributed by atoms with Gasteiger partial charge in [0.05, 0.1) is 17.8 Å². The first kappa shape index (κ1) is 30.6. The zero-order valence-corrected chi connectivity index (χ0v) is 27.2. The maximum atomic E-state index is 12.5. The molecule has 4 aliphatic rings. The Morgan fingerprint density at radius 2 is 1.80 bits per heavy atom. The van der Waals surface area contributed by atoms with Crippen LogP contribution in [-0.2, 0) is 23.2 Å². The van der Waals surface area contributed by atoms with Crippen LogP contribution in [-0.4, -0.2) is 82.7 Å². The summed E-state index contributed by atoms with van der Waals surface area (Å²) >= 11 is 0. The average Bonchev–Trinajstić information content (AvgIpc) is 3.82. The lowest BCUT2D eigenvalue weighted by Gasteiger charge is -2.43. The van der Waals surface area contributed by atoms with Crippen molar-refractivity contribution in [3.8, 4) is 0 Å². The Hall–Kier alpha value is -4.02. The highest BCUT2D eigenvalue weighted by Gasteiger charge is 2.51. The lowest BCUT2D eigenvalue weighted by molar-refractivity contribution is -0.134. The highest BCUT2D eigenvalue weighted by Crippen LogP contribution is 2.46. The van der Waals surface area contributed by atoms with Crippen molar-refractivity contribution in [3.05, 3.63) is 87.3 Å². The third-order valence-corrected chi connectivity index (χ3v) is 10.7. The molecule has 2 amide bonds. The van der Waals surface area contributed by atoms with Crippen molar-refractivity contribution >= 4 is 23.2 Å². The molecule has 3 aromatic rings. The first-order chi connectivity index (χ1) is 22.2. The van der Waals surface area contributed by atoms with Gasteiger partial charge in [-0.05, 0) is 74.4 Å². The minimum atomic E-state index is -0.256. The number of aromatic nitrogens is 2. The summed E-state index contributed by atoms with van der Waals surface area (Å²) in [5.74, 6) is -0.190. The highest BCUT2D eigenvalue weighted by molar-refractivity contribution is 6.01. The second-order valence-corrected chi connectivity index (χ2v) is 14.0. The summed E-state index contributed by atoms with van der Waals surface area (Å²) in [7, 11) is 3.86. The normalized spacial score (nSPS) is 25.0. The zero-order valence-electron chi connectivity index (χ0n) is 27.2. The number of hydrogen-bond acceptors (Lipinski definition) is 8. The molecule has 7 rings (SSSR count). The average molecular weight is 624 g/mol. The molecule has 10 heteroatoms. The Morgan fingerprint density at radius 1 is 1.00 bits per heavy atom. The van der Waals surface area contributed by atoms with Crippen LogP contribution in [0.4, 0.5) is 11.4 Å². The van der Waals surface area contributed by atoms with E-state index in [0.29, 0.717) is 24.3 Å². The Balaban J connectivity index is 0.976. The number of benzene rings is 2. The van der Waals surface area contributed by atoms with Crippen LogP contribution in [0.2, 0.25) is 0 Å². The molecule has 0 radical (unpaired) electrons. The Kier molecular flexibility index (Phi) is 8.19. The van der Waals surface area contributed by atoms with Gasteiger partial charge in [-0.25, -0.2) is 4.68 Å². The van der Waals surface area contributed by atoms with E-state index in [1.807, 2.05) is 19.1 Å². The van der Waals surface area contributed by atoms with E-state index in [1.165, 1.54) is 34.3 Å². The smallest absolute Gasteiger partial charge is 0.271 e. The van der Waals surface area contributed by atoms with Crippen LogP contribution in [0.25, 0.3) is 0 Å². The van der Waals surface area contributed by atoms with Gasteiger partial charge in [-0.3, -0.25) is 24.6 Å². The third kappa shape index (κ3) is 6.20. The van der Waals surface area contributed by atoms with Crippen LogP contribution in [0, 0.1) is 6.92 Å². The SMILES string of the molecule is Cc1c(N[C@@H]2C[C@H](c3ccc(CN4CCN(c5cccc(C6CCC(=O)NC6=O)c5)CC45CC5)cc3)CN(C)C2)cnn(C)c1=O. The molecule has 1 aliphatic carbocycles. The number of amides is 2. The number of hydrogen-bond donors (Lipinski definition) is 2. The molecule has 46 heavy (non-hydrogen) atoms. The van der Waals surface area contributed by atoms with Crippen LogP contribution in [0.1, 0.15) is 66.2 Å². The molecule has 2 N–H and O–H groups in total. The van der Waals surface area contributed by atoms with Crippen molar-refractivity contribution in [2.75, 3.05) is 50.0 Å². The summed E-state index contributed by atoms with van der Waals surface area (Å²) in [6, 6.07) is 17.9. The molecule has 0 bridgehead atoms. The fourth-order valence-corrected chi connectivity index (χ4v) is 7.85. The maximum Gasteiger partial charge on any atom is 0.271 e. The Bertz CT molecular complexity index is 1680. The van der Waals surface area contributed by atoms with Crippen molar-refractivity contribution < 1.29 is 9.59 Å². The van der Waals surface area contributed by atoms with E-state index < -0.39 is 0 Å². The predicted molar refractivity (Wildman–Crippen MR) is 179 cm³/mol. The van der Waals surface area contributed by atoms with Crippen LogP contribution in [0.3, 0.4) is 0 Å². The van der Waals surface area contributed by atoms with Gasteiger partial charge >= 0.3 is 0 Å². The summed E-state index contributed by atoms with van der Waals surface area (Å²) in [5, 5.41) is 10.3. The monoisotopic (exact) mass is 623 g/mol. The molecule has 4 fully saturated rings. The van der Waals surface area contributed by atoms with Gasteiger partial charge in [0.15, 0.2) is 0 Å². The van der Waals surface area contributed by atoms with Crippen molar-refractivity contribution in [3.63, 3.8) is 0 Å². The predicted octanol–water partition coefficient (Wildman–Crippen LogP) is 3.36. The van der Waals surface area contributed by atoms with Gasteiger partial charge < -0.3 is 15.1 Å². The Labute approximate surface area is 270 Å². The topological polar surface area (TPSA) is 103 Å². The molecule has 3 atom stereocenters. The highest BCUT2D eigenvalue weighted by atomic mass is 16.2. The first-order valence-electron chi connectivity index (χ1n) is 16.7. The quantitative estimate of drug-likeness (QED) is 0.387. The number of likely N-dealkylation sites (tertiary alicyclic amines) is 1. The number of carbonyl (C=O) groups is 2. The van der Waals surface area contributed by atoms with E-state index >= 15 is 0 Å². The fourth-order valence-electron chi connectivity index (χ4n) is 7.85. The third-order valence-electron chi connectivity index (χ3n) is 10.7. The van der Waals surface area contributed by atoms with Gasteiger partial charge in [-0.15, -0.1) is 0 Å². The van der Waals surface area contributed by atoms with E-state index in [0.717, 1.165) is 56.9 Å². The molecule has 10 nitrogen and oxygen atoms in total. The molecular formula is C36H45N7O3. The second kappa shape index (κ2) is 12.3. The summed E-state index contributed by atoms with van der Waals surface area (Å²) < 4.78 is 1.38. The van der Waals surface area contributed by atoms with E-state index in [1.54, 1.807) is 13.2 Å². The summed E-state index contributed by atoms with van der Waals surface area (Å²) in [6.07, 6.45) is 6.16. The van der Waals surface area contributed by atoms with Gasteiger partial charge in [-0.1, -0.05) is 36.4 Å². The minimum absolute atomic E-state index is 0.0605. The molecule has 1 unspecified atom stereocenters. The molecule has 4 heterocycles. The maximum absolute atomic E-state index is 12.5. The second-order valence-electron chi connectivity index (χ2n) is 14.0. The van der Waals surface area contributed by atoms with E-state index in [2.05, 4.69) is 73.9 Å². The first-order valence-corrected chi connectivity index (χ1v) is 16.7. The number of carbonyl (C=O) groups excluding carboxylic acids is 2. The number of imide groups is 1. The van der Waals surface area contributed by atoms with Crippen molar-refractivity contribution in [1.29, 1.82) is 0 Å².